The van der Waals surface area contributed by atoms with E-state index in [0.717, 1.165) is 3.57 Å². The van der Waals surface area contributed by atoms with Crippen molar-refractivity contribution in [2.24, 2.45) is 5.10 Å². The summed E-state index contributed by atoms with van der Waals surface area (Å²) in [5, 5.41) is 14.8. The molecule has 1 N–H and O–H groups in total. The Morgan fingerprint density at radius 3 is 2.77 bits per heavy atom. The van der Waals surface area contributed by atoms with Crippen LogP contribution in [-0.4, -0.2) is 17.0 Å². The van der Waals surface area contributed by atoms with E-state index in [0.29, 0.717) is 16.1 Å². The molecule has 22 heavy (non-hydrogen) atoms. The predicted octanol–water partition coefficient (Wildman–Crippen LogP) is 3.62. The predicted molar refractivity (Wildman–Crippen MR) is 92.3 cm³/mol. The maximum absolute atomic E-state index is 11.9. The first-order valence-corrected chi connectivity index (χ1v) is 7.46. The molecule has 0 aliphatic carbocycles. The van der Waals surface area contributed by atoms with E-state index in [9.17, 15) is 14.9 Å². The van der Waals surface area contributed by atoms with Crippen LogP contribution in [0, 0.1) is 13.7 Å². The Bertz CT molecular complexity index is 765. The van der Waals surface area contributed by atoms with Gasteiger partial charge in [0.15, 0.2) is 0 Å². The molecule has 0 saturated carbocycles. The molecule has 1 amide bonds. The Morgan fingerprint density at radius 1 is 1.32 bits per heavy atom. The number of rotatable bonds is 4. The monoisotopic (exact) mass is 429 g/mol. The number of non-ortho nitro benzene ring substituents is 1. The summed E-state index contributed by atoms with van der Waals surface area (Å²) in [4.78, 5) is 22.1. The van der Waals surface area contributed by atoms with Gasteiger partial charge in [0.05, 0.1) is 11.1 Å². The molecule has 0 fully saturated rings. The molecule has 0 unspecified atom stereocenters. The van der Waals surface area contributed by atoms with Gasteiger partial charge in [-0.1, -0.05) is 17.7 Å². The molecular formula is C14H9ClIN3O3. The summed E-state index contributed by atoms with van der Waals surface area (Å²) in [6, 6.07) is 11.0. The lowest BCUT2D eigenvalue weighted by atomic mass is 10.2. The van der Waals surface area contributed by atoms with Crippen molar-refractivity contribution in [3.8, 4) is 0 Å². The summed E-state index contributed by atoms with van der Waals surface area (Å²) in [6.45, 7) is 0. The highest BCUT2D eigenvalue weighted by molar-refractivity contribution is 14.1. The lowest BCUT2D eigenvalue weighted by Crippen LogP contribution is -2.17. The standard InChI is InChI=1S/C14H9ClIN3O3/c15-13-5-4-12(19(21)22)7-10(13)8-17-18-14(20)9-2-1-3-11(16)6-9/h1-8H,(H,18,20)/b17-8+. The van der Waals surface area contributed by atoms with E-state index in [1.807, 2.05) is 6.07 Å². The van der Waals surface area contributed by atoms with Gasteiger partial charge in [-0.3, -0.25) is 14.9 Å². The first kappa shape index (κ1) is 16.4. The molecule has 0 heterocycles. The van der Waals surface area contributed by atoms with Crippen LogP contribution in [0.3, 0.4) is 0 Å². The van der Waals surface area contributed by atoms with E-state index < -0.39 is 4.92 Å². The SMILES string of the molecule is O=C(N/N=C/c1cc([N+](=O)[O-])ccc1Cl)c1cccc(I)c1. The van der Waals surface area contributed by atoms with E-state index in [2.05, 4.69) is 33.1 Å². The third-order valence-electron chi connectivity index (χ3n) is 2.65. The van der Waals surface area contributed by atoms with Crippen molar-refractivity contribution in [2.45, 2.75) is 0 Å². The second kappa shape index (κ2) is 7.32. The van der Waals surface area contributed by atoms with Gasteiger partial charge in [-0.25, -0.2) is 5.43 Å². The van der Waals surface area contributed by atoms with Gasteiger partial charge in [0, 0.05) is 31.9 Å². The third-order valence-corrected chi connectivity index (χ3v) is 3.66. The van der Waals surface area contributed by atoms with Crippen LogP contribution in [0.4, 0.5) is 5.69 Å². The van der Waals surface area contributed by atoms with Crippen molar-refractivity contribution >= 4 is 52.0 Å². The van der Waals surface area contributed by atoms with Gasteiger partial charge in [0.25, 0.3) is 11.6 Å². The number of amides is 1. The topological polar surface area (TPSA) is 84.6 Å². The van der Waals surface area contributed by atoms with Crippen LogP contribution in [-0.2, 0) is 0 Å². The molecular weight excluding hydrogens is 421 g/mol. The quantitative estimate of drug-likeness (QED) is 0.349. The average molecular weight is 430 g/mol. The van der Waals surface area contributed by atoms with Crippen LogP contribution in [0.2, 0.25) is 5.02 Å². The Morgan fingerprint density at radius 2 is 2.09 bits per heavy atom. The van der Waals surface area contributed by atoms with E-state index in [4.69, 9.17) is 11.6 Å². The molecule has 8 heteroatoms. The van der Waals surface area contributed by atoms with Crippen molar-refractivity contribution in [1.82, 2.24) is 5.43 Å². The van der Waals surface area contributed by atoms with Crippen LogP contribution in [0.15, 0.2) is 47.6 Å². The number of nitro benzene ring substituents is 1. The van der Waals surface area contributed by atoms with Gasteiger partial charge >= 0.3 is 0 Å². The first-order valence-electron chi connectivity index (χ1n) is 6.00. The van der Waals surface area contributed by atoms with E-state index in [1.54, 1.807) is 18.2 Å². The minimum Gasteiger partial charge on any atom is -0.267 e. The highest BCUT2D eigenvalue weighted by Gasteiger charge is 2.08. The zero-order valence-corrected chi connectivity index (χ0v) is 13.9. The van der Waals surface area contributed by atoms with Crippen LogP contribution in [0.5, 0.6) is 0 Å². The molecule has 0 aliphatic heterocycles. The maximum atomic E-state index is 11.9. The van der Waals surface area contributed by atoms with Gasteiger partial charge in [-0.05, 0) is 46.9 Å². The Labute approximate surface area is 144 Å². The smallest absolute Gasteiger partial charge is 0.267 e. The summed E-state index contributed by atoms with van der Waals surface area (Å²) in [5.74, 6) is -0.378. The fourth-order valence-corrected chi connectivity index (χ4v) is 2.31. The number of hydrazone groups is 1. The molecule has 0 radical (unpaired) electrons. The summed E-state index contributed by atoms with van der Waals surface area (Å²) in [6.07, 6.45) is 1.27. The maximum Gasteiger partial charge on any atom is 0.271 e. The van der Waals surface area contributed by atoms with Crippen LogP contribution in [0.1, 0.15) is 15.9 Å². The van der Waals surface area contributed by atoms with Crippen molar-refractivity contribution in [1.29, 1.82) is 0 Å². The zero-order valence-electron chi connectivity index (χ0n) is 11.0. The molecule has 112 valence electrons. The highest BCUT2D eigenvalue weighted by Crippen LogP contribution is 2.20. The van der Waals surface area contributed by atoms with Gasteiger partial charge in [0.2, 0.25) is 0 Å². The molecule has 0 saturated heterocycles. The van der Waals surface area contributed by atoms with Crippen molar-refractivity contribution in [3.05, 3.63) is 72.3 Å². The normalized spacial score (nSPS) is 10.6. The lowest BCUT2D eigenvalue weighted by Gasteiger charge is -2.01. The average Bonchev–Trinajstić information content (AvgIpc) is 2.48. The summed E-state index contributed by atoms with van der Waals surface area (Å²) < 4.78 is 0.927. The van der Waals surface area contributed by atoms with Gasteiger partial charge in [0.1, 0.15) is 0 Å². The molecule has 2 aromatic carbocycles. The number of nitro groups is 1. The third kappa shape index (κ3) is 4.25. The molecule has 0 atom stereocenters. The number of nitrogens with one attached hydrogen (secondary N) is 1. The number of benzene rings is 2. The fourth-order valence-electron chi connectivity index (χ4n) is 1.60. The van der Waals surface area contributed by atoms with Gasteiger partial charge < -0.3 is 0 Å². The molecule has 0 spiro atoms. The summed E-state index contributed by atoms with van der Waals surface area (Å²) in [5.41, 5.74) is 3.06. The molecule has 0 bridgehead atoms. The second-order valence-electron chi connectivity index (χ2n) is 4.17. The molecule has 6 nitrogen and oxygen atoms in total. The van der Waals surface area contributed by atoms with Crippen molar-refractivity contribution in [3.63, 3.8) is 0 Å². The number of hydrogen-bond donors (Lipinski definition) is 1. The number of carbonyl (C=O) groups is 1. The van der Waals surface area contributed by atoms with E-state index in [1.165, 1.54) is 24.4 Å². The number of halogens is 2. The number of nitrogens with zero attached hydrogens (tertiary/aromatic N) is 2. The molecule has 2 rings (SSSR count). The fraction of sp³-hybridized carbons (Fsp3) is 0. The van der Waals surface area contributed by atoms with Crippen LogP contribution >= 0.6 is 34.2 Å². The molecule has 0 aromatic heterocycles. The lowest BCUT2D eigenvalue weighted by molar-refractivity contribution is -0.384. The number of carbonyl (C=O) groups excluding carboxylic acids is 1. The Hall–Kier alpha value is -2.00. The van der Waals surface area contributed by atoms with Crippen molar-refractivity contribution in [2.75, 3.05) is 0 Å². The summed E-state index contributed by atoms with van der Waals surface area (Å²) >= 11 is 8.03. The van der Waals surface area contributed by atoms with E-state index >= 15 is 0 Å². The minimum absolute atomic E-state index is 0.102. The highest BCUT2D eigenvalue weighted by atomic mass is 127. The second-order valence-corrected chi connectivity index (χ2v) is 5.83. The zero-order chi connectivity index (χ0) is 16.1. The van der Waals surface area contributed by atoms with Gasteiger partial charge in [-0.15, -0.1) is 0 Å². The van der Waals surface area contributed by atoms with Gasteiger partial charge in [-0.2, -0.15) is 5.10 Å². The van der Waals surface area contributed by atoms with Crippen LogP contribution in [0.25, 0.3) is 0 Å². The Balaban J connectivity index is 2.11. The minimum atomic E-state index is -0.530. The Kier molecular flexibility index (Phi) is 5.45. The van der Waals surface area contributed by atoms with Crippen LogP contribution < -0.4 is 5.43 Å². The summed E-state index contributed by atoms with van der Waals surface area (Å²) in [7, 11) is 0. The molecule has 2 aromatic rings. The first-order chi connectivity index (χ1) is 10.5. The molecule has 0 aliphatic rings. The largest absolute Gasteiger partial charge is 0.271 e. The number of hydrogen-bond acceptors (Lipinski definition) is 4. The van der Waals surface area contributed by atoms with E-state index in [-0.39, 0.29) is 11.6 Å². The van der Waals surface area contributed by atoms with Crippen molar-refractivity contribution < 1.29 is 9.72 Å².